The monoisotopic (exact) mass is 450 g/mol. The fourth-order valence-electron chi connectivity index (χ4n) is 1.86. The standard InChI is InChI=1S/C12H26N4O2S2.HI/c1-3-20(17,18)16-8-5-7-14-12(13-2)15-10-11-6-4-9-19-11;/h11,16H,3-10H2,1-2H3,(H2,13,14,15);1H. The zero-order valence-electron chi connectivity index (χ0n) is 12.7. The number of rotatable bonds is 8. The highest BCUT2D eigenvalue weighted by Gasteiger charge is 2.15. The van der Waals surface area contributed by atoms with E-state index in [2.05, 4.69) is 20.3 Å². The van der Waals surface area contributed by atoms with Crippen LogP contribution in [0.25, 0.3) is 0 Å². The smallest absolute Gasteiger partial charge is 0.211 e. The molecule has 0 spiro atoms. The molecule has 1 rings (SSSR count). The van der Waals surface area contributed by atoms with Crippen molar-refractivity contribution in [1.82, 2.24) is 15.4 Å². The predicted molar refractivity (Wildman–Crippen MR) is 102 cm³/mol. The molecule has 3 N–H and O–H groups in total. The molecule has 1 aliphatic rings. The molecule has 1 heterocycles. The van der Waals surface area contributed by atoms with Gasteiger partial charge in [-0.15, -0.1) is 24.0 Å². The second-order valence-electron chi connectivity index (χ2n) is 4.67. The highest BCUT2D eigenvalue weighted by Crippen LogP contribution is 2.25. The SMILES string of the molecule is CCS(=O)(=O)NCCCNC(=NC)NCC1CCCS1.I. The molecule has 1 aliphatic heterocycles. The van der Waals surface area contributed by atoms with Crippen molar-refractivity contribution in [2.24, 2.45) is 4.99 Å². The molecule has 6 nitrogen and oxygen atoms in total. The quantitative estimate of drug-likeness (QED) is 0.223. The van der Waals surface area contributed by atoms with Gasteiger partial charge in [0.15, 0.2) is 5.96 Å². The summed E-state index contributed by atoms with van der Waals surface area (Å²) in [6.07, 6.45) is 3.31. The van der Waals surface area contributed by atoms with Gasteiger partial charge >= 0.3 is 0 Å². The first-order valence-electron chi connectivity index (χ1n) is 7.11. The summed E-state index contributed by atoms with van der Waals surface area (Å²) in [4.78, 5) is 4.16. The number of thioether (sulfide) groups is 1. The van der Waals surface area contributed by atoms with Crippen LogP contribution in [-0.2, 0) is 10.0 Å². The summed E-state index contributed by atoms with van der Waals surface area (Å²) in [7, 11) is -1.33. The average molecular weight is 450 g/mol. The van der Waals surface area contributed by atoms with E-state index < -0.39 is 10.0 Å². The normalized spacial score (nSPS) is 19.1. The highest BCUT2D eigenvalue weighted by molar-refractivity contribution is 14.0. The van der Waals surface area contributed by atoms with Crippen LogP contribution in [0.5, 0.6) is 0 Å². The fraction of sp³-hybridized carbons (Fsp3) is 0.917. The number of aliphatic imine (C=N–C) groups is 1. The molecule has 1 saturated heterocycles. The van der Waals surface area contributed by atoms with E-state index in [9.17, 15) is 8.42 Å². The summed E-state index contributed by atoms with van der Waals surface area (Å²) in [5.74, 6) is 2.18. The van der Waals surface area contributed by atoms with Gasteiger partial charge in [-0.25, -0.2) is 13.1 Å². The molecule has 0 aromatic rings. The third kappa shape index (κ3) is 9.80. The van der Waals surface area contributed by atoms with Crippen LogP contribution in [0.2, 0.25) is 0 Å². The molecular formula is C12H27IN4O2S2. The van der Waals surface area contributed by atoms with Crippen LogP contribution in [0.1, 0.15) is 26.2 Å². The lowest BCUT2D eigenvalue weighted by Crippen LogP contribution is -2.41. The molecule has 1 fully saturated rings. The number of sulfonamides is 1. The second kappa shape index (κ2) is 11.8. The summed E-state index contributed by atoms with van der Waals surface area (Å²) in [6.45, 7) is 3.72. The van der Waals surface area contributed by atoms with Crippen LogP contribution < -0.4 is 15.4 Å². The van der Waals surface area contributed by atoms with Crippen LogP contribution in [0.3, 0.4) is 0 Å². The Hall–Kier alpha value is 0.260. The third-order valence-electron chi connectivity index (χ3n) is 3.09. The van der Waals surface area contributed by atoms with Crippen molar-refractivity contribution in [3.05, 3.63) is 0 Å². The van der Waals surface area contributed by atoms with Gasteiger partial charge in [0.05, 0.1) is 5.75 Å². The molecule has 9 heteroatoms. The Kier molecular flexibility index (Phi) is 11.9. The molecule has 0 bridgehead atoms. The van der Waals surface area contributed by atoms with Gasteiger partial charge in [0, 0.05) is 31.9 Å². The van der Waals surface area contributed by atoms with Gasteiger partial charge in [-0.05, 0) is 31.9 Å². The van der Waals surface area contributed by atoms with Crippen molar-refractivity contribution in [3.8, 4) is 0 Å². The molecule has 0 aromatic carbocycles. The van der Waals surface area contributed by atoms with Gasteiger partial charge in [-0.2, -0.15) is 11.8 Å². The van der Waals surface area contributed by atoms with Crippen LogP contribution in [0.15, 0.2) is 4.99 Å². The van der Waals surface area contributed by atoms with Crippen LogP contribution in [0.4, 0.5) is 0 Å². The summed E-state index contributed by atoms with van der Waals surface area (Å²) < 4.78 is 25.0. The summed E-state index contributed by atoms with van der Waals surface area (Å²) in [5, 5.41) is 7.19. The Morgan fingerprint density at radius 3 is 2.67 bits per heavy atom. The minimum Gasteiger partial charge on any atom is -0.356 e. The largest absolute Gasteiger partial charge is 0.356 e. The van der Waals surface area contributed by atoms with E-state index in [0.29, 0.717) is 18.3 Å². The molecule has 0 aromatic heterocycles. The minimum absolute atomic E-state index is 0. The maximum atomic E-state index is 11.2. The lowest BCUT2D eigenvalue weighted by atomic mass is 10.2. The molecule has 21 heavy (non-hydrogen) atoms. The first-order chi connectivity index (χ1) is 9.57. The van der Waals surface area contributed by atoms with Crippen LogP contribution in [-0.4, -0.2) is 57.8 Å². The zero-order chi connectivity index (χ0) is 14.8. The maximum Gasteiger partial charge on any atom is 0.211 e. The number of nitrogens with one attached hydrogen (secondary N) is 3. The Labute approximate surface area is 149 Å². The van der Waals surface area contributed by atoms with Gasteiger partial charge in [0.25, 0.3) is 0 Å². The average Bonchev–Trinajstić information content (AvgIpc) is 2.95. The maximum absolute atomic E-state index is 11.2. The molecule has 126 valence electrons. The van der Waals surface area contributed by atoms with Gasteiger partial charge in [0.2, 0.25) is 10.0 Å². The fourth-order valence-corrected chi connectivity index (χ4v) is 3.72. The van der Waals surface area contributed by atoms with Crippen molar-refractivity contribution in [2.75, 3.05) is 38.2 Å². The van der Waals surface area contributed by atoms with Crippen molar-refractivity contribution in [3.63, 3.8) is 0 Å². The van der Waals surface area contributed by atoms with Crippen molar-refractivity contribution in [1.29, 1.82) is 0 Å². The molecule has 0 saturated carbocycles. The Morgan fingerprint density at radius 1 is 1.33 bits per heavy atom. The molecule has 1 atom stereocenters. The Bertz CT molecular complexity index is 398. The first-order valence-corrected chi connectivity index (χ1v) is 9.81. The van der Waals surface area contributed by atoms with Crippen molar-refractivity contribution in [2.45, 2.75) is 31.4 Å². The molecule has 0 aliphatic carbocycles. The number of halogens is 1. The van der Waals surface area contributed by atoms with E-state index in [-0.39, 0.29) is 29.7 Å². The van der Waals surface area contributed by atoms with Crippen molar-refractivity contribution >= 4 is 51.7 Å². The van der Waals surface area contributed by atoms with E-state index in [0.717, 1.165) is 18.9 Å². The van der Waals surface area contributed by atoms with Crippen molar-refractivity contribution < 1.29 is 8.42 Å². The van der Waals surface area contributed by atoms with E-state index in [1.54, 1.807) is 14.0 Å². The van der Waals surface area contributed by atoms with Gasteiger partial charge in [0.1, 0.15) is 0 Å². The van der Waals surface area contributed by atoms with E-state index in [1.807, 2.05) is 11.8 Å². The topological polar surface area (TPSA) is 82.6 Å². The van der Waals surface area contributed by atoms with E-state index in [4.69, 9.17) is 0 Å². The van der Waals surface area contributed by atoms with E-state index >= 15 is 0 Å². The number of nitrogens with zero attached hydrogens (tertiary/aromatic N) is 1. The van der Waals surface area contributed by atoms with Gasteiger partial charge < -0.3 is 10.6 Å². The Balaban J connectivity index is 0.00000400. The number of hydrogen-bond donors (Lipinski definition) is 3. The predicted octanol–water partition coefficient (Wildman–Crippen LogP) is 0.994. The second-order valence-corrected chi connectivity index (χ2v) is 8.17. The summed E-state index contributed by atoms with van der Waals surface area (Å²) >= 11 is 2.01. The van der Waals surface area contributed by atoms with Gasteiger partial charge in [-0.3, -0.25) is 4.99 Å². The van der Waals surface area contributed by atoms with Crippen LogP contribution in [0, 0.1) is 0 Å². The number of guanidine groups is 1. The minimum atomic E-state index is -3.07. The highest BCUT2D eigenvalue weighted by atomic mass is 127. The molecule has 0 radical (unpaired) electrons. The lowest BCUT2D eigenvalue weighted by Gasteiger charge is -2.14. The molecule has 1 unspecified atom stereocenters. The lowest BCUT2D eigenvalue weighted by molar-refractivity contribution is 0.579. The first kappa shape index (κ1) is 21.3. The molecule has 0 amide bonds. The van der Waals surface area contributed by atoms with Gasteiger partial charge in [-0.1, -0.05) is 0 Å². The summed E-state index contributed by atoms with van der Waals surface area (Å²) in [5.41, 5.74) is 0. The van der Waals surface area contributed by atoms with Crippen LogP contribution >= 0.6 is 35.7 Å². The molecular weight excluding hydrogens is 423 g/mol. The number of hydrogen-bond acceptors (Lipinski definition) is 4. The Morgan fingerprint density at radius 2 is 2.10 bits per heavy atom. The summed E-state index contributed by atoms with van der Waals surface area (Å²) in [6, 6.07) is 0. The third-order valence-corrected chi connectivity index (χ3v) is 5.89. The zero-order valence-corrected chi connectivity index (χ0v) is 16.7. The van der Waals surface area contributed by atoms with E-state index in [1.165, 1.54) is 18.6 Å².